The van der Waals surface area contributed by atoms with E-state index >= 15 is 0 Å². The monoisotopic (exact) mass is 398 g/mol. The van der Waals surface area contributed by atoms with Gasteiger partial charge in [-0.25, -0.2) is 0 Å². The average Bonchev–Trinajstić information content (AvgIpc) is 3.33. The number of aldehydes is 1. The van der Waals surface area contributed by atoms with Crippen molar-refractivity contribution >= 4 is 24.9 Å². The molecular formula is C21H22N2O4S. The van der Waals surface area contributed by atoms with Gasteiger partial charge in [0, 0.05) is 18.5 Å². The highest BCUT2D eigenvalue weighted by atomic mass is 32.1. The molecule has 0 saturated carbocycles. The van der Waals surface area contributed by atoms with Gasteiger partial charge in [-0.1, -0.05) is 26.2 Å². The molecule has 0 radical (unpaired) electrons. The Kier molecular flexibility index (Phi) is 6.26. The summed E-state index contributed by atoms with van der Waals surface area (Å²) in [6, 6.07) is 10.3. The zero-order valence-corrected chi connectivity index (χ0v) is 16.7. The number of hydrogen-bond acceptors (Lipinski definition) is 5. The van der Waals surface area contributed by atoms with Crippen LogP contribution in [0.4, 0.5) is 0 Å². The summed E-state index contributed by atoms with van der Waals surface area (Å²) in [6.45, 7) is 2.70. The molecule has 3 aromatic rings. The maximum absolute atomic E-state index is 13.3. The first kappa shape index (κ1) is 19.8. The molecule has 0 aliphatic heterocycles. The summed E-state index contributed by atoms with van der Waals surface area (Å²) in [6.07, 6.45) is 6.13. The Hall–Kier alpha value is -2.93. The molecule has 0 spiro atoms. The van der Waals surface area contributed by atoms with Crippen molar-refractivity contribution in [3.8, 4) is 17.2 Å². The molecule has 28 heavy (non-hydrogen) atoms. The van der Waals surface area contributed by atoms with E-state index in [2.05, 4.69) is 19.7 Å². The van der Waals surface area contributed by atoms with Gasteiger partial charge in [0.1, 0.15) is 17.2 Å². The van der Waals surface area contributed by atoms with Crippen molar-refractivity contribution in [3.63, 3.8) is 0 Å². The van der Waals surface area contributed by atoms with Crippen LogP contribution in [0.1, 0.15) is 46.3 Å². The number of ketones is 1. The van der Waals surface area contributed by atoms with Crippen LogP contribution in [-0.2, 0) is 0 Å². The Bertz CT molecular complexity index is 990. The fraction of sp³-hybridized carbons (Fsp3) is 0.238. The number of aromatic nitrogens is 2. The Morgan fingerprint density at radius 2 is 2.04 bits per heavy atom. The number of nitrogens with zero attached hydrogens (tertiary/aromatic N) is 2. The van der Waals surface area contributed by atoms with Crippen LogP contribution in [0.2, 0.25) is 0 Å². The van der Waals surface area contributed by atoms with Gasteiger partial charge in [-0.2, -0.15) is 0 Å². The second-order valence-electron chi connectivity index (χ2n) is 6.21. The lowest BCUT2D eigenvalue weighted by Gasteiger charge is -2.13. The fourth-order valence-corrected chi connectivity index (χ4v) is 3.21. The second-order valence-corrected chi connectivity index (χ2v) is 6.64. The predicted octanol–water partition coefficient (Wildman–Crippen LogP) is 4.20. The zero-order chi connectivity index (χ0) is 20.1. The quantitative estimate of drug-likeness (QED) is 0.254. The molecule has 0 fully saturated rings. The molecule has 3 rings (SSSR count). The summed E-state index contributed by atoms with van der Waals surface area (Å²) >= 11 is 4.37. The molecule has 146 valence electrons. The molecular weight excluding hydrogens is 376 g/mol. The highest BCUT2D eigenvalue weighted by Gasteiger charge is 2.23. The van der Waals surface area contributed by atoms with Crippen molar-refractivity contribution in [1.29, 1.82) is 0 Å². The van der Waals surface area contributed by atoms with Crippen LogP contribution in [0.25, 0.3) is 5.69 Å². The molecule has 2 aromatic heterocycles. The Morgan fingerprint density at radius 3 is 2.75 bits per heavy atom. The van der Waals surface area contributed by atoms with Gasteiger partial charge in [0.15, 0.2) is 6.29 Å². The van der Waals surface area contributed by atoms with Crippen LogP contribution in [0.15, 0.2) is 48.8 Å². The number of hydrogen-bond donors (Lipinski definition) is 1. The molecule has 6 nitrogen and oxygen atoms in total. The van der Waals surface area contributed by atoms with Gasteiger partial charge in [0.05, 0.1) is 30.7 Å². The lowest BCUT2D eigenvalue weighted by atomic mass is 10.1. The van der Waals surface area contributed by atoms with Gasteiger partial charge in [-0.05, 0) is 36.8 Å². The smallest absolute Gasteiger partial charge is 0.216 e. The van der Waals surface area contributed by atoms with Gasteiger partial charge in [0.25, 0.3) is 0 Å². The van der Waals surface area contributed by atoms with E-state index in [9.17, 15) is 9.59 Å². The summed E-state index contributed by atoms with van der Waals surface area (Å²) in [5.41, 5.74) is 1.73. The number of methoxy groups -OCH3 is 1. The van der Waals surface area contributed by atoms with Crippen molar-refractivity contribution in [3.05, 3.63) is 65.7 Å². The SMILES string of the molecule is CCCCOc1ccc(C(=O)c2c(-n3cccc3C=O)ccn2S)c(OC)c1. The van der Waals surface area contributed by atoms with Crippen LogP contribution in [-0.4, -0.2) is 34.3 Å². The van der Waals surface area contributed by atoms with Crippen LogP contribution < -0.4 is 9.47 Å². The molecule has 0 unspecified atom stereocenters. The summed E-state index contributed by atoms with van der Waals surface area (Å²) in [5.74, 6) is 0.803. The van der Waals surface area contributed by atoms with E-state index in [4.69, 9.17) is 9.47 Å². The third-order valence-electron chi connectivity index (χ3n) is 4.41. The lowest BCUT2D eigenvalue weighted by Crippen LogP contribution is -2.11. The van der Waals surface area contributed by atoms with Gasteiger partial charge in [0.2, 0.25) is 5.78 Å². The number of carbonyl (C=O) groups excluding carboxylic acids is 2. The van der Waals surface area contributed by atoms with Crippen LogP contribution in [0, 0.1) is 0 Å². The number of unbranched alkanes of at least 4 members (excludes halogenated alkanes) is 1. The minimum Gasteiger partial charge on any atom is -0.496 e. The van der Waals surface area contributed by atoms with Crippen molar-refractivity contribution < 1.29 is 19.1 Å². The molecule has 0 saturated heterocycles. The first-order valence-corrected chi connectivity index (χ1v) is 9.39. The second kappa shape index (κ2) is 8.84. The van der Waals surface area contributed by atoms with E-state index in [-0.39, 0.29) is 5.78 Å². The average molecular weight is 398 g/mol. The molecule has 0 aliphatic rings. The Balaban J connectivity index is 1.99. The minimum atomic E-state index is -0.266. The zero-order valence-electron chi connectivity index (χ0n) is 15.8. The summed E-state index contributed by atoms with van der Waals surface area (Å²) < 4.78 is 14.2. The fourth-order valence-electron chi connectivity index (χ4n) is 2.95. The highest BCUT2D eigenvalue weighted by Crippen LogP contribution is 2.30. The minimum absolute atomic E-state index is 0.266. The Morgan fingerprint density at radius 1 is 1.21 bits per heavy atom. The third-order valence-corrected chi connectivity index (χ3v) is 4.74. The van der Waals surface area contributed by atoms with Crippen molar-refractivity contribution in [1.82, 2.24) is 8.54 Å². The van der Waals surface area contributed by atoms with Crippen LogP contribution >= 0.6 is 12.8 Å². The largest absolute Gasteiger partial charge is 0.496 e. The molecule has 2 heterocycles. The number of benzene rings is 1. The van der Waals surface area contributed by atoms with E-state index in [1.165, 1.54) is 11.1 Å². The molecule has 0 bridgehead atoms. The summed E-state index contributed by atoms with van der Waals surface area (Å²) in [7, 11) is 1.51. The topological polar surface area (TPSA) is 62.5 Å². The normalized spacial score (nSPS) is 10.7. The van der Waals surface area contributed by atoms with E-state index in [1.807, 2.05) is 0 Å². The van der Waals surface area contributed by atoms with Crippen molar-refractivity contribution in [2.24, 2.45) is 0 Å². The van der Waals surface area contributed by atoms with E-state index in [0.29, 0.717) is 40.7 Å². The first-order valence-electron chi connectivity index (χ1n) is 8.99. The number of thiol groups is 1. The maximum Gasteiger partial charge on any atom is 0.216 e. The highest BCUT2D eigenvalue weighted by molar-refractivity contribution is 7.78. The first-order chi connectivity index (χ1) is 13.6. The molecule has 1 aromatic carbocycles. The lowest BCUT2D eigenvalue weighted by molar-refractivity contribution is 0.102. The summed E-state index contributed by atoms with van der Waals surface area (Å²) in [4.78, 5) is 24.6. The molecule has 0 atom stereocenters. The summed E-state index contributed by atoms with van der Waals surface area (Å²) in [5, 5.41) is 0. The molecule has 0 N–H and O–H groups in total. The maximum atomic E-state index is 13.3. The van der Waals surface area contributed by atoms with Gasteiger partial charge in [-0.15, -0.1) is 0 Å². The van der Waals surface area contributed by atoms with Crippen LogP contribution in [0.5, 0.6) is 11.5 Å². The number of carbonyl (C=O) groups is 2. The number of rotatable bonds is 9. The van der Waals surface area contributed by atoms with Gasteiger partial charge in [-0.3, -0.25) is 13.6 Å². The van der Waals surface area contributed by atoms with Crippen LogP contribution in [0.3, 0.4) is 0 Å². The van der Waals surface area contributed by atoms with Crippen molar-refractivity contribution in [2.45, 2.75) is 19.8 Å². The number of ether oxygens (including phenoxy) is 2. The third kappa shape index (κ3) is 3.84. The van der Waals surface area contributed by atoms with E-state index < -0.39 is 0 Å². The van der Waals surface area contributed by atoms with Crippen molar-refractivity contribution in [2.75, 3.05) is 13.7 Å². The molecule has 0 amide bonds. The molecule has 7 heteroatoms. The molecule has 0 aliphatic carbocycles. The van der Waals surface area contributed by atoms with E-state index in [0.717, 1.165) is 19.1 Å². The van der Waals surface area contributed by atoms with E-state index in [1.54, 1.807) is 53.4 Å². The van der Waals surface area contributed by atoms with Gasteiger partial charge >= 0.3 is 0 Å². The van der Waals surface area contributed by atoms with Gasteiger partial charge < -0.3 is 14.0 Å². The standard InChI is InChI=1S/C21H22N2O4S/c1-3-4-12-27-16-7-8-17(19(13-16)26-2)21(25)20-18(9-11-23(20)28)22-10-5-6-15(22)14-24/h5-11,13-14,28H,3-4,12H2,1-2H3. The predicted molar refractivity (Wildman–Crippen MR) is 110 cm³/mol. The Labute approximate surface area is 169 Å².